The molecule has 2 N–H and O–H groups in total. The van der Waals surface area contributed by atoms with Crippen molar-refractivity contribution in [1.29, 1.82) is 0 Å². The predicted molar refractivity (Wildman–Crippen MR) is 102 cm³/mol. The standard InChI is InChI=1S/C18H18ClN3O3S/c19-13-1-4-15(5-2-13)26-17-6-3-14(22(24)25)9-16(17)18(23)21-8-7-12(10-20)11-21/h1-6,9,12H,7-8,10-11,20H2. The lowest BCUT2D eigenvalue weighted by molar-refractivity contribution is -0.384. The zero-order chi connectivity index (χ0) is 18.7. The minimum atomic E-state index is -0.486. The number of likely N-dealkylation sites (tertiary alicyclic amines) is 1. The number of rotatable bonds is 5. The van der Waals surface area contributed by atoms with Crippen LogP contribution in [0.3, 0.4) is 0 Å². The van der Waals surface area contributed by atoms with Crippen LogP contribution in [0.5, 0.6) is 0 Å². The number of benzene rings is 2. The van der Waals surface area contributed by atoms with Crippen LogP contribution < -0.4 is 5.73 Å². The van der Waals surface area contributed by atoms with E-state index in [0.717, 1.165) is 11.3 Å². The highest BCUT2D eigenvalue weighted by atomic mass is 35.5. The van der Waals surface area contributed by atoms with E-state index in [-0.39, 0.29) is 17.5 Å². The number of non-ortho nitro benzene ring substituents is 1. The van der Waals surface area contributed by atoms with Crippen molar-refractivity contribution >= 4 is 35.0 Å². The highest BCUT2D eigenvalue weighted by Crippen LogP contribution is 2.34. The molecule has 0 radical (unpaired) electrons. The van der Waals surface area contributed by atoms with Gasteiger partial charge in [0.25, 0.3) is 11.6 Å². The summed E-state index contributed by atoms with van der Waals surface area (Å²) in [6.07, 6.45) is 0.858. The van der Waals surface area contributed by atoms with Crippen molar-refractivity contribution in [2.24, 2.45) is 11.7 Å². The van der Waals surface area contributed by atoms with E-state index in [0.29, 0.717) is 35.1 Å². The van der Waals surface area contributed by atoms with Crippen molar-refractivity contribution < 1.29 is 9.72 Å². The number of hydrogen-bond acceptors (Lipinski definition) is 5. The van der Waals surface area contributed by atoms with Gasteiger partial charge in [-0.05, 0) is 49.2 Å². The predicted octanol–water partition coefficient (Wildman–Crippen LogP) is 3.82. The molecule has 136 valence electrons. The van der Waals surface area contributed by atoms with Crippen LogP contribution in [-0.2, 0) is 0 Å². The lowest BCUT2D eigenvalue weighted by Crippen LogP contribution is -2.30. The maximum atomic E-state index is 13.0. The Kier molecular flexibility index (Phi) is 5.80. The van der Waals surface area contributed by atoms with Gasteiger partial charge in [0.1, 0.15) is 0 Å². The fraction of sp³-hybridized carbons (Fsp3) is 0.278. The third kappa shape index (κ3) is 4.17. The fourth-order valence-electron chi connectivity index (χ4n) is 2.90. The van der Waals surface area contributed by atoms with E-state index >= 15 is 0 Å². The molecule has 6 nitrogen and oxygen atoms in total. The van der Waals surface area contributed by atoms with Crippen LogP contribution in [0, 0.1) is 16.0 Å². The molecule has 1 aliphatic heterocycles. The molecule has 0 aliphatic carbocycles. The smallest absolute Gasteiger partial charge is 0.270 e. The molecular formula is C18H18ClN3O3S. The Balaban J connectivity index is 1.92. The summed E-state index contributed by atoms with van der Waals surface area (Å²) in [7, 11) is 0. The number of amides is 1. The molecule has 1 atom stereocenters. The van der Waals surface area contributed by atoms with E-state index in [1.54, 1.807) is 23.1 Å². The van der Waals surface area contributed by atoms with Crippen LogP contribution in [0.15, 0.2) is 52.3 Å². The normalized spacial score (nSPS) is 16.7. The Morgan fingerprint density at radius 2 is 2.04 bits per heavy atom. The first-order chi connectivity index (χ1) is 12.5. The van der Waals surface area contributed by atoms with E-state index in [2.05, 4.69) is 0 Å². The van der Waals surface area contributed by atoms with E-state index < -0.39 is 4.92 Å². The molecule has 0 bridgehead atoms. The average molecular weight is 392 g/mol. The summed E-state index contributed by atoms with van der Waals surface area (Å²) in [6.45, 7) is 1.74. The molecule has 2 aromatic rings. The summed E-state index contributed by atoms with van der Waals surface area (Å²) in [6, 6.07) is 11.6. The van der Waals surface area contributed by atoms with Gasteiger partial charge in [-0.1, -0.05) is 23.4 Å². The van der Waals surface area contributed by atoms with Crippen molar-refractivity contribution in [3.8, 4) is 0 Å². The number of nitrogens with zero attached hydrogens (tertiary/aromatic N) is 2. The van der Waals surface area contributed by atoms with Gasteiger partial charge in [0, 0.05) is 40.0 Å². The summed E-state index contributed by atoms with van der Waals surface area (Å²) in [4.78, 5) is 26.9. The van der Waals surface area contributed by atoms with Crippen molar-refractivity contribution in [1.82, 2.24) is 4.90 Å². The first-order valence-corrected chi connectivity index (χ1v) is 9.38. The van der Waals surface area contributed by atoms with Crippen LogP contribution in [0.2, 0.25) is 5.02 Å². The largest absolute Gasteiger partial charge is 0.338 e. The molecule has 1 heterocycles. The maximum absolute atomic E-state index is 13.0. The number of carbonyl (C=O) groups is 1. The fourth-order valence-corrected chi connectivity index (χ4v) is 3.94. The molecule has 1 saturated heterocycles. The number of nitrogens with two attached hydrogens (primary N) is 1. The molecule has 1 unspecified atom stereocenters. The number of carbonyl (C=O) groups excluding carboxylic acids is 1. The van der Waals surface area contributed by atoms with Gasteiger partial charge in [-0.3, -0.25) is 14.9 Å². The van der Waals surface area contributed by atoms with E-state index in [1.165, 1.54) is 23.9 Å². The van der Waals surface area contributed by atoms with E-state index in [9.17, 15) is 14.9 Å². The van der Waals surface area contributed by atoms with Crippen LogP contribution in [0.1, 0.15) is 16.8 Å². The molecule has 8 heteroatoms. The molecular weight excluding hydrogens is 374 g/mol. The van der Waals surface area contributed by atoms with E-state index in [1.807, 2.05) is 12.1 Å². The second-order valence-corrected chi connectivity index (χ2v) is 7.69. The van der Waals surface area contributed by atoms with Gasteiger partial charge in [0.2, 0.25) is 0 Å². The minimum absolute atomic E-state index is 0.0941. The summed E-state index contributed by atoms with van der Waals surface area (Å²) in [5.74, 6) is 0.0890. The highest BCUT2D eigenvalue weighted by molar-refractivity contribution is 7.99. The third-order valence-electron chi connectivity index (χ3n) is 4.35. The second-order valence-electron chi connectivity index (χ2n) is 6.14. The molecule has 3 rings (SSSR count). The van der Waals surface area contributed by atoms with Crippen LogP contribution in [0.4, 0.5) is 5.69 Å². The van der Waals surface area contributed by atoms with Gasteiger partial charge in [0.05, 0.1) is 10.5 Å². The molecule has 0 spiro atoms. The van der Waals surface area contributed by atoms with Crippen LogP contribution in [-0.4, -0.2) is 35.4 Å². The molecule has 1 aliphatic rings. The highest BCUT2D eigenvalue weighted by Gasteiger charge is 2.28. The van der Waals surface area contributed by atoms with Gasteiger partial charge in [-0.15, -0.1) is 0 Å². The SMILES string of the molecule is NCC1CCN(C(=O)c2cc([N+](=O)[O-])ccc2Sc2ccc(Cl)cc2)C1. The Labute approximate surface area is 160 Å². The van der Waals surface area contributed by atoms with Gasteiger partial charge >= 0.3 is 0 Å². The first kappa shape index (κ1) is 18.7. The molecule has 0 aromatic heterocycles. The molecule has 1 fully saturated rings. The number of nitro groups is 1. The molecule has 1 amide bonds. The van der Waals surface area contributed by atoms with Crippen molar-refractivity contribution in [2.45, 2.75) is 16.2 Å². The zero-order valence-corrected chi connectivity index (χ0v) is 15.5. The lowest BCUT2D eigenvalue weighted by atomic mass is 10.1. The van der Waals surface area contributed by atoms with Crippen LogP contribution in [0.25, 0.3) is 0 Å². The van der Waals surface area contributed by atoms with Crippen molar-refractivity contribution in [3.63, 3.8) is 0 Å². The summed E-state index contributed by atoms with van der Waals surface area (Å²) in [5.41, 5.74) is 5.95. The van der Waals surface area contributed by atoms with Crippen molar-refractivity contribution in [3.05, 3.63) is 63.2 Å². The maximum Gasteiger partial charge on any atom is 0.270 e. The quantitative estimate of drug-likeness (QED) is 0.618. The Bertz CT molecular complexity index is 829. The zero-order valence-electron chi connectivity index (χ0n) is 13.9. The first-order valence-electron chi connectivity index (χ1n) is 8.19. The van der Waals surface area contributed by atoms with E-state index in [4.69, 9.17) is 17.3 Å². The molecule has 2 aromatic carbocycles. The number of hydrogen-bond donors (Lipinski definition) is 1. The molecule has 26 heavy (non-hydrogen) atoms. The lowest BCUT2D eigenvalue weighted by Gasteiger charge is -2.18. The monoisotopic (exact) mass is 391 g/mol. The Morgan fingerprint density at radius 3 is 2.65 bits per heavy atom. The Hall–Kier alpha value is -2.09. The topological polar surface area (TPSA) is 89.5 Å². The van der Waals surface area contributed by atoms with Gasteiger partial charge < -0.3 is 10.6 Å². The van der Waals surface area contributed by atoms with Crippen LogP contribution >= 0.6 is 23.4 Å². The van der Waals surface area contributed by atoms with Gasteiger partial charge in [-0.2, -0.15) is 0 Å². The van der Waals surface area contributed by atoms with Gasteiger partial charge in [-0.25, -0.2) is 0 Å². The molecule has 0 saturated carbocycles. The summed E-state index contributed by atoms with van der Waals surface area (Å²) < 4.78 is 0. The van der Waals surface area contributed by atoms with Gasteiger partial charge in [0.15, 0.2) is 0 Å². The summed E-state index contributed by atoms with van der Waals surface area (Å²) in [5, 5.41) is 11.8. The summed E-state index contributed by atoms with van der Waals surface area (Å²) >= 11 is 7.29. The second kappa shape index (κ2) is 8.07. The minimum Gasteiger partial charge on any atom is -0.338 e. The number of nitro benzene ring substituents is 1. The Morgan fingerprint density at radius 1 is 1.31 bits per heavy atom. The third-order valence-corrected chi connectivity index (χ3v) is 5.69. The number of halogens is 1. The van der Waals surface area contributed by atoms with Crippen molar-refractivity contribution in [2.75, 3.05) is 19.6 Å². The average Bonchev–Trinajstić information content (AvgIpc) is 3.12.